The van der Waals surface area contributed by atoms with Crippen molar-refractivity contribution in [2.45, 2.75) is 17.9 Å². The van der Waals surface area contributed by atoms with Crippen LogP contribution in [0.2, 0.25) is 0 Å². The Hall–Kier alpha value is -0.700. The number of aromatic nitrogens is 1. The molecule has 5 nitrogen and oxygen atoms in total. The van der Waals surface area contributed by atoms with Gasteiger partial charge in [-0.05, 0) is 25.3 Å². The summed E-state index contributed by atoms with van der Waals surface area (Å²) in [6, 6.07) is 2.90. The summed E-state index contributed by atoms with van der Waals surface area (Å²) in [5.41, 5.74) is 5.84. The van der Waals surface area contributed by atoms with E-state index in [9.17, 15) is 8.42 Å². The highest BCUT2D eigenvalue weighted by atomic mass is 32.2. The zero-order chi connectivity index (χ0) is 14.6. The van der Waals surface area contributed by atoms with Gasteiger partial charge in [-0.1, -0.05) is 12.2 Å². The summed E-state index contributed by atoms with van der Waals surface area (Å²) in [5.74, 6) is 0.730. The zero-order valence-electron chi connectivity index (χ0n) is 11.0. The lowest BCUT2D eigenvalue weighted by atomic mass is 10.3. The van der Waals surface area contributed by atoms with Crippen molar-refractivity contribution in [2.75, 3.05) is 19.1 Å². The number of sulfonamides is 1. The topological polar surface area (TPSA) is 76.3 Å². The Labute approximate surface area is 123 Å². The van der Waals surface area contributed by atoms with E-state index in [-0.39, 0.29) is 15.9 Å². The standard InChI is InChI=1S/C11H17N3O2S3/c1-8(7-18-3)14(2)19(15,16)9-4-5-10(11(12)17)13-6-9/h4-6,8H,7H2,1-3H3,(H2,12,17). The Balaban J connectivity index is 3.03. The van der Waals surface area contributed by atoms with Crippen LogP contribution in [0, 0.1) is 0 Å². The first kappa shape index (κ1) is 16.4. The van der Waals surface area contributed by atoms with Crippen molar-refractivity contribution in [3.05, 3.63) is 24.0 Å². The maximum atomic E-state index is 12.3. The van der Waals surface area contributed by atoms with Crippen LogP contribution >= 0.6 is 24.0 Å². The van der Waals surface area contributed by atoms with Crippen LogP contribution in [0.3, 0.4) is 0 Å². The predicted molar refractivity (Wildman–Crippen MR) is 82.9 cm³/mol. The van der Waals surface area contributed by atoms with Crippen LogP contribution in [0.15, 0.2) is 23.2 Å². The molecule has 0 aliphatic heterocycles. The van der Waals surface area contributed by atoms with Gasteiger partial charge in [0, 0.05) is 25.0 Å². The summed E-state index contributed by atoms with van der Waals surface area (Å²) < 4.78 is 26.0. The third kappa shape index (κ3) is 3.88. The summed E-state index contributed by atoms with van der Waals surface area (Å²) >= 11 is 6.38. The fourth-order valence-electron chi connectivity index (χ4n) is 1.43. The fourth-order valence-corrected chi connectivity index (χ4v) is 3.66. The van der Waals surface area contributed by atoms with Gasteiger partial charge in [-0.2, -0.15) is 16.1 Å². The second-order valence-corrected chi connectivity index (χ2v) is 7.42. The first-order chi connectivity index (χ1) is 8.80. The third-order valence-electron chi connectivity index (χ3n) is 2.69. The van der Waals surface area contributed by atoms with Crippen LogP contribution in [0.4, 0.5) is 0 Å². The van der Waals surface area contributed by atoms with E-state index in [1.165, 1.54) is 22.6 Å². The molecular formula is C11H17N3O2S3. The van der Waals surface area contributed by atoms with Crippen molar-refractivity contribution in [2.24, 2.45) is 5.73 Å². The van der Waals surface area contributed by atoms with Crippen molar-refractivity contribution in [3.8, 4) is 0 Å². The maximum Gasteiger partial charge on any atom is 0.244 e. The van der Waals surface area contributed by atoms with Crippen LogP contribution < -0.4 is 5.73 Å². The third-order valence-corrected chi connectivity index (χ3v) is 5.67. The zero-order valence-corrected chi connectivity index (χ0v) is 13.5. The predicted octanol–water partition coefficient (Wildman–Crippen LogP) is 1.09. The average molecular weight is 319 g/mol. The van der Waals surface area contributed by atoms with Crippen molar-refractivity contribution in [1.29, 1.82) is 0 Å². The highest BCUT2D eigenvalue weighted by molar-refractivity contribution is 7.98. The molecule has 2 N–H and O–H groups in total. The number of hydrogen-bond donors (Lipinski definition) is 1. The highest BCUT2D eigenvalue weighted by Gasteiger charge is 2.25. The summed E-state index contributed by atoms with van der Waals surface area (Å²) in [7, 11) is -1.96. The van der Waals surface area contributed by atoms with Crippen LogP contribution in [0.25, 0.3) is 0 Å². The quantitative estimate of drug-likeness (QED) is 0.791. The average Bonchev–Trinajstić information content (AvgIpc) is 2.38. The van der Waals surface area contributed by atoms with Gasteiger partial charge in [0.15, 0.2) is 0 Å². The minimum absolute atomic E-state index is 0.0877. The number of nitrogens with two attached hydrogens (primary N) is 1. The highest BCUT2D eigenvalue weighted by Crippen LogP contribution is 2.17. The van der Waals surface area contributed by atoms with E-state index in [1.807, 2.05) is 13.2 Å². The van der Waals surface area contributed by atoms with Gasteiger partial charge in [0.2, 0.25) is 10.0 Å². The van der Waals surface area contributed by atoms with E-state index in [0.717, 1.165) is 5.75 Å². The lowest BCUT2D eigenvalue weighted by Gasteiger charge is -2.23. The molecule has 0 saturated heterocycles. The Bertz CT molecular complexity index is 543. The molecular weight excluding hydrogens is 302 g/mol. The number of nitrogens with zero attached hydrogens (tertiary/aromatic N) is 2. The molecule has 0 amide bonds. The molecule has 1 unspecified atom stereocenters. The van der Waals surface area contributed by atoms with Crippen molar-refractivity contribution >= 4 is 39.0 Å². The van der Waals surface area contributed by atoms with Crippen molar-refractivity contribution in [1.82, 2.24) is 9.29 Å². The Kier molecular flexibility index (Phi) is 5.72. The van der Waals surface area contributed by atoms with E-state index < -0.39 is 10.0 Å². The van der Waals surface area contributed by atoms with Gasteiger partial charge >= 0.3 is 0 Å². The molecule has 0 aliphatic carbocycles. The molecule has 19 heavy (non-hydrogen) atoms. The minimum Gasteiger partial charge on any atom is -0.388 e. The molecule has 0 fully saturated rings. The molecule has 0 bridgehead atoms. The molecule has 8 heteroatoms. The van der Waals surface area contributed by atoms with Gasteiger partial charge in [0.05, 0.1) is 5.69 Å². The number of thioether (sulfide) groups is 1. The molecule has 0 saturated carbocycles. The summed E-state index contributed by atoms with van der Waals surface area (Å²) in [4.78, 5) is 4.24. The molecule has 1 atom stereocenters. The summed E-state index contributed by atoms with van der Waals surface area (Å²) in [5, 5.41) is 0. The summed E-state index contributed by atoms with van der Waals surface area (Å²) in [6.07, 6.45) is 3.22. The van der Waals surface area contributed by atoms with Crippen molar-refractivity contribution < 1.29 is 8.42 Å². The molecule has 0 aliphatic rings. The molecule has 106 valence electrons. The Morgan fingerprint density at radius 2 is 2.21 bits per heavy atom. The van der Waals surface area contributed by atoms with E-state index in [1.54, 1.807) is 18.8 Å². The number of thiocarbonyl (C=S) groups is 1. The van der Waals surface area contributed by atoms with Gasteiger partial charge in [-0.15, -0.1) is 0 Å². The SMILES string of the molecule is CSCC(C)N(C)S(=O)(=O)c1ccc(C(N)=S)nc1. The fraction of sp³-hybridized carbons (Fsp3) is 0.455. The van der Waals surface area contributed by atoms with E-state index in [2.05, 4.69) is 4.98 Å². The first-order valence-electron chi connectivity index (χ1n) is 5.53. The molecule has 1 aromatic rings. The molecule has 0 spiro atoms. The van der Waals surface area contributed by atoms with Gasteiger partial charge < -0.3 is 5.73 Å². The van der Waals surface area contributed by atoms with E-state index >= 15 is 0 Å². The second kappa shape index (κ2) is 6.65. The lowest BCUT2D eigenvalue weighted by Crippen LogP contribution is -2.36. The van der Waals surface area contributed by atoms with Crippen LogP contribution in [0.5, 0.6) is 0 Å². The number of pyridine rings is 1. The number of rotatable bonds is 6. The second-order valence-electron chi connectivity index (χ2n) is 4.07. The minimum atomic E-state index is -3.53. The summed E-state index contributed by atoms with van der Waals surface area (Å²) in [6.45, 7) is 1.87. The monoisotopic (exact) mass is 319 g/mol. The van der Waals surface area contributed by atoms with Gasteiger partial charge in [-0.3, -0.25) is 4.98 Å². The lowest BCUT2D eigenvalue weighted by molar-refractivity contribution is 0.415. The normalized spacial score (nSPS) is 13.5. The Morgan fingerprint density at radius 3 is 2.63 bits per heavy atom. The van der Waals surface area contributed by atoms with E-state index in [0.29, 0.717) is 5.69 Å². The van der Waals surface area contributed by atoms with Crippen LogP contribution in [0.1, 0.15) is 12.6 Å². The van der Waals surface area contributed by atoms with Crippen LogP contribution in [-0.4, -0.2) is 47.8 Å². The van der Waals surface area contributed by atoms with Crippen LogP contribution in [-0.2, 0) is 10.0 Å². The molecule has 1 heterocycles. The smallest absolute Gasteiger partial charge is 0.244 e. The van der Waals surface area contributed by atoms with Gasteiger partial charge in [0.1, 0.15) is 9.88 Å². The molecule has 0 radical (unpaired) electrons. The van der Waals surface area contributed by atoms with E-state index in [4.69, 9.17) is 18.0 Å². The van der Waals surface area contributed by atoms with Gasteiger partial charge in [0.25, 0.3) is 0 Å². The molecule has 0 aromatic carbocycles. The largest absolute Gasteiger partial charge is 0.388 e. The number of hydrogen-bond acceptors (Lipinski definition) is 5. The first-order valence-corrected chi connectivity index (χ1v) is 8.77. The maximum absolute atomic E-state index is 12.3. The van der Waals surface area contributed by atoms with Gasteiger partial charge in [-0.25, -0.2) is 8.42 Å². The molecule has 1 rings (SSSR count). The van der Waals surface area contributed by atoms with Crippen molar-refractivity contribution in [3.63, 3.8) is 0 Å². The Morgan fingerprint density at radius 1 is 1.58 bits per heavy atom. The molecule has 1 aromatic heterocycles.